The maximum atomic E-state index is 11.6. The van der Waals surface area contributed by atoms with Crippen LogP contribution in [0.15, 0.2) is 35.9 Å². The van der Waals surface area contributed by atoms with Gasteiger partial charge in [0.05, 0.1) is 0 Å². The second-order valence-electron chi connectivity index (χ2n) is 5.54. The van der Waals surface area contributed by atoms with Gasteiger partial charge >= 0.3 is 0 Å². The van der Waals surface area contributed by atoms with Crippen LogP contribution in [0.3, 0.4) is 0 Å². The zero-order chi connectivity index (χ0) is 14.5. The molecule has 0 aromatic heterocycles. The van der Waals surface area contributed by atoms with Crippen LogP contribution < -0.4 is 10.2 Å². The second-order valence-corrected chi connectivity index (χ2v) is 5.98. The summed E-state index contributed by atoms with van der Waals surface area (Å²) in [5, 5.41) is 3.74. The Balaban J connectivity index is 1.82. The topological polar surface area (TPSA) is 32.3 Å². The molecule has 1 amide bonds. The normalized spacial score (nSPS) is 17.9. The molecule has 1 unspecified atom stereocenters. The third-order valence-corrected chi connectivity index (χ3v) is 3.71. The largest absolute Gasteiger partial charge is 0.371 e. The lowest BCUT2D eigenvalue weighted by atomic mass is 10.1. The quantitative estimate of drug-likeness (QED) is 0.864. The third-order valence-electron chi connectivity index (χ3n) is 3.46. The monoisotopic (exact) mass is 292 g/mol. The van der Waals surface area contributed by atoms with E-state index in [-0.39, 0.29) is 5.91 Å². The van der Waals surface area contributed by atoms with E-state index >= 15 is 0 Å². The summed E-state index contributed by atoms with van der Waals surface area (Å²) in [7, 11) is 0. The fourth-order valence-electron chi connectivity index (χ4n) is 2.44. The molecule has 0 saturated carbocycles. The summed E-state index contributed by atoms with van der Waals surface area (Å²) in [6.07, 6.45) is 2.75. The van der Waals surface area contributed by atoms with Crippen molar-refractivity contribution < 1.29 is 4.79 Å². The van der Waals surface area contributed by atoms with Crippen molar-refractivity contribution in [2.24, 2.45) is 5.92 Å². The van der Waals surface area contributed by atoms with Crippen LogP contribution in [0.4, 0.5) is 5.69 Å². The Morgan fingerprint density at radius 3 is 2.75 bits per heavy atom. The SMILES string of the molecule is CC(C)=CC(=O)NCC1CCN(c2ccc(Cl)cc2)C1. The van der Waals surface area contributed by atoms with Crippen molar-refractivity contribution in [1.29, 1.82) is 0 Å². The third kappa shape index (κ3) is 4.27. The van der Waals surface area contributed by atoms with E-state index < -0.39 is 0 Å². The standard InChI is InChI=1S/C16H21ClN2O/c1-12(2)9-16(20)18-10-13-7-8-19(11-13)15-5-3-14(17)4-6-15/h3-6,9,13H,7-8,10-11H2,1-2H3,(H,18,20). The molecule has 4 heteroatoms. The fourth-order valence-corrected chi connectivity index (χ4v) is 2.57. The number of rotatable bonds is 4. The molecule has 1 aliphatic rings. The van der Waals surface area contributed by atoms with E-state index in [1.165, 1.54) is 5.69 Å². The summed E-state index contributed by atoms with van der Waals surface area (Å²) >= 11 is 5.90. The average molecular weight is 293 g/mol. The first-order chi connectivity index (χ1) is 9.54. The Bertz CT molecular complexity index is 492. The van der Waals surface area contributed by atoms with Crippen LogP contribution in [0.1, 0.15) is 20.3 Å². The van der Waals surface area contributed by atoms with Gasteiger partial charge in [-0.2, -0.15) is 0 Å². The number of benzene rings is 1. The predicted octanol–water partition coefficient (Wildman–Crippen LogP) is 3.25. The Hall–Kier alpha value is -1.48. The molecule has 1 aromatic rings. The number of amides is 1. The molecule has 1 aliphatic heterocycles. The van der Waals surface area contributed by atoms with Gasteiger partial charge in [0.25, 0.3) is 0 Å². The number of halogens is 1. The Labute approximate surface area is 125 Å². The Kier molecular flexibility index (Phi) is 5.07. The fraction of sp³-hybridized carbons (Fsp3) is 0.438. The predicted molar refractivity (Wildman–Crippen MR) is 84.2 cm³/mol. The number of carbonyl (C=O) groups excluding carboxylic acids is 1. The van der Waals surface area contributed by atoms with E-state index in [9.17, 15) is 4.79 Å². The Morgan fingerprint density at radius 2 is 2.10 bits per heavy atom. The molecule has 20 heavy (non-hydrogen) atoms. The summed E-state index contributed by atoms with van der Waals surface area (Å²) in [6.45, 7) is 6.61. The minimum absolute atomic E-state index is 0.00921. The van der Waals surface area contributed by atoms with E-state index in [1.807, 2.05) is 38.1 Å². The highest BCUT2D eigenvalue weighted by atomic mass is 35.5. The minimum Gasteiger partial charge on any atom is -0.371 e. The van der Waals surface area contributed by atoms with Crippen molar-refractivity contribution in [3.63, 3.8) is 0 Å². The number of hydrogen-bond donors (Lipinski definition) is 1. The van der Waals surface area contributed by atoms with Gasteiger partial charge in [0, 0.05) is 36.4 Å². The van der Waals surface area contributed by atoms with E-state index in [0.29, 0.717) is 5.92 Å². The second kappa shape index (κ2) is 6.80. The molecule has 1 heterocycles. The molecule has 0 aliphatic carbocycles. The molecule has 2 rings (SSSR count). The first-order valence-electron chi connectivity index (χ1n) is 6.98. The summed E-state index contributed by atoms with van der Waals surface area (Å²) < 4.78 is 0. The minimum atomic E-state index is 0.00921. The Morgan fingerprint density at radius 1 is 1.40 bits per heavy atom. The number of nitrogens with one attached hydrogen (secondary N) is 1. The molecule has 0 radical (unpaired) electrons. The van der Waals surface area contributed by atoms with Crippen LogP contribution >= 0.6 is 11.6 Å². The van der Waals surface area contributed by atoms with Gasteiger partial charge < -0.3 is 10.2 Å². The van der Waals surface area contributed by atoms with Gasteiger partial charge in [0.1, 0.15) is 0 Å². The van der Waals surface area contributed by atoms with Gasteiger partial charge in [0.2, 0.25) is 5.91 Å². The zero-order valence-corrected chi connectivity index (χ0v) is 12.8. The van der Waals surface area contributed by atoms with E-state index in [2.05, 4.69) is 10.2 Å². The number of allylic oxidation sites excluding steroid dienone is 1. The smallest absolute Gasteiger partial charge is 0.243 e. The van der Waals surface area contributed by atoms with Crippen molar-refractivity contribution in [3.05, 3.63) is 40.9 Å². The molecular weight excluding hydrogens is 272 g/mol. The lowest BCUT2D eigenvalue weighted by Crippen LogP contribution is -2.30. The van der Waals surface area contributed by atoms with Crippen molar-refractivity contribution in [2.75, 3.05) is 24.5 Å². The summed E-state index contributed by atoms with van der Waals surface area (Å²) in [6, 6.07) is 7.93. The maximum Gasteiger partial charge on any atom is 0.243 e. The van der Waals surface area contributed by atoms with Gasteiger partial charge in [0.15, 0.2) is 0 Å². The molecule has 0 bridgehead atoms. The molecule has 1 N–H and O–H groups in total. The summed E-state index contributed by atoms with van der Waals surface area (Å²) in [4.78, 5) is 13.9. The van der Waals surface area contributed by atoms with Crippen LogP contribution in [0.25, 0.3) is 0 Å². The molecule has 1 fully saturated rings. The lowest BCUT2D eigenvalue weighted by molar-refractivity contribution is -0.116. The molecule has 0 spiro atoms. The zero-order valence-electron chi connectivity index (χ0n) is 12.0. The van der Waals surface area contributed by atoms with Crippen molar-refractivity contribution in [2.45, 2.75) is 20.3 Å². The van der Waals surface area contributed by atoms with Crippen LogP contribution in [0, 0.1) is 5.92 Å². The molecule has 1 saturated heterocycles. The van der Waals surface area contributed by atoms with E-state index in [0.717, 1.165) is 36.7 Å². The number of hydrogen-bond acceptors (Lipinski definition) is 2. The number of carbonyl (C=O) groups is 1. The highest BCUT2D eigenvalue weighted by molar-refractivity contribution is 6.30. The van der Waals surface area contributed by atoms with Crippen LogP contribution in [0.5, 0.6) is 0 Å². The highest BCUT2D eigenvalue weighted by Crippen LogP contribution is 2.24. The van der Waals surface area contributed by atoms with Crippen molar-refractivity contribution in [3.8, 4) is 0 Å². The average Bonchev–Trinajstić information content (AvgIpc) is 2.85. The number of anilines is 1. The number of nitrogens with zero attached hydrogens (tertiary/aromatic N) is 1. The van der Waals surface area contributed by atoms with Gasteiger partial charge in [-0.05, 0) is 50.5 Å². The van der Waals surface area contributed by atoms with E-state index in [1.54, 1.807) is 6.08 Å². The maximum absolute atomic E-state index is 11.6. The van der Waals surface area contributed by atoms with Crippen LogP contribution in [-0.4, -0.2) is 25.5 Å². The summed E-state index contributed by atoms with van der Waals surface area (Å²) in [5.74, 6) is 0.523. The molecule has 108 valence electrons. The van der Waals surface area contributed by atoms with Crippen molar-refractivity contribution >= 4 is 23.2 Å². The molecule has 1 atom stereocenters. The first kappa shape index (κ1) is 14.9. The first-order valence-corrected chi connectivity index (χ1v) is 7.35. The van der Waals surface area contributed by atoms with Crippen LogP contribution in [-0.2, 0) is 4.79 Å². The summed E-state index contributed by atoms with van der Waals surface area (Å²) in [5.41, 5.74) is 2.23. The van der Waals surface area contributed by atoms with Gasteiger partial charge in [-0.25, -0.2) is 0 Å². The van der Waals surface area contributed by atoms with Crippen molar-refractivity contribution in [1.82, 2.24) is 5.32 Å². The van der Waals surface area contributed by atoms with Gasteiger partial charge in [-0.1, -0.05) is 17.2 Å². The molecule has 1 aromatic carbocycles. The highest BCUT2D eigenvalue weighted by Gasteiger charge is 2.22. The van der Waals surface area contributed by atoms with Gasteiger partial charge in [-0.15, -0.1) is 0 Å². The molecule has 3 nitrogen and oxygen atoms in total. The van der Waals surface area contributed by atoms with Gasteiger partial charge in [-0.3, -0.25) is 4.79 Å². The van der Waals surface area contributed by atoms with E-state index in [4.69, 9.17) is 11.6 Å². The van der Waals surface area contributed by atoms with Crippen LogP contribution in [0.2, 0.25) is 5.02 Å². The molecular formula is C16H21ClN2O. The lowest BCUT2D eigenvalue weighted by Gasteiger charge is -2.18.